The van der Waals surface area contributed by atoms with Gasteiger partial charge in [0.05, 0.1) is 5.60 Å². The minimum absolute atomic E-state index is 0.132. The molecule has 19 heavy (non-hydrogen) atoms. The van der Waals surface area contributed by atoms with Crippen LogP contribution in [0.4, 0.5) is 0 Å². The van der Waals surface area contributed by atoms with E-state index in [4.69, 9.17) is 4.43 Å². The van der Waals surface area contributed by atoms with Crippen LogP contribution in [0.15, 0.2) is 42.6 Å². The van der Waals surface area contributed by atoms with Gasteiger partial charge in [-0.1, -0.05) is 49.9 Å². The summed E-state index contributed by atoms with van der Waals surface area (Å²) in [6, 6.07) is 10.5. The Balaban J connectivity index is 2.71. The maximum Gasteiger partial charge on any atom is 0.232 e. The highest BCUT2D eigenvalue weighted by atomic mass is 28.3. The molecule has 0 bridgehead atoms. The SMILES string of the molecule is C=C[SiH](OC(C)(C)CN(CC)CC)c1ccccc1. The van der Waals surface area contributed by atoms with Gasteiger partial charge in [0.1, 0.15) is 0 Å². The van der Waals surface area contributed by atoms with Gasteiger partial charge in [-0.25, -0.2) is 0 Å². The normalized spacial score (nSPS) is 13.5. The fraction of sp³-hybridized carbons (Fsp3) is 0.500. The van der Waals surface area contributed by atoms with E-state index < -0.39 is 9.04 Å². The molecule has 1 atom stereocenters. The van der Waals surface area contributed by atoms with E-state index in [1.165, 1.54) is 5.19 Å². The van der Waals surface area contributed by atoms with Crippen LogP contribution in [-0.2, 0) is 4.43 Å². The van der Waals surface area contributed by atoms with Crippen molar-refractivity contribution in [2.45, 2.75) is 33.3 Å². The molecule has 0 radical (unpaired) electrons. The summed E-state index contributed by atoms with van der Waals surface area (Å²) < 4.78 is 6.39. The second-order valence-corrected chi connectivity index (χ2v) is 7.62. The average Bonchev–Trinajstić information content (AvgIpc) is 2.43. The van der Waals surface area contributed by atoms with Crippen LogP contribution >= 0.6 is 0 Å². The first-order valence-corrected chi connectivity index (χ1v) is 8.81. The van der Waals surface area contributed by atoms with E-state index in [-0.39, 0.29) is 5.60 Å². The summed E-state index contributed by atoms with van der Waals surface area (Å²) >= 11 is 0. The van der Waals surface area contributed by atoms with Crippen molar-refractivity contribution in [3.63, 3.8) is 0 Å². The Hall–Kier alpha value is -0.903. The molecular formula is C16H27NOSi. The molecule has 0 saturated carbocycles. The van der Waals surface area contributed by atoms with Crippen molar-refractivity contribution in [3.05, 3.63) is 42.6 Å². The summed E-state index contributed by atoms with van der Waals surface area (Å²) in [4.78, 5) is 2.40. The molecule has 0 N–H and O–H groups in total. The second-order valence-electron chi connectivity index (χ2n) is 5.41. The Kier molecular flexibility index (Phi) is 6.49. The summed E-state index contributed by atoms with van der Waals surface area (Å²) in [6.45, 7) is 15.8. The van der Waals surface area contributed by atoms with Gasteiger partial charge < -0.3 is 9.33 Å². The third-order valence-electron chi connectivity index (χ3n) is 3.29. The predicted octanol–water partition coefficient (Wildman–Crippen LogP) is 2.48. The molecule has 0 fully saturated rings. The fourth-order valence-electron chi connectivity index (χ4n) is 2.26. The van der Waals surface area contributed by atoms with E-state index in [0.29, 0.717) is 0 Å². The molecule has 0 aromatic heterocycles. The molecule has 0 aliphatic carbocycles. The van der Waals surface area contributed by atoms with Crippen molar-refractivity contribution in [2.75, 3.05) is 19.6 Å². The minimum atomic E-state index is -1.54. The van der Waals surface area contributed by atoms with Gasteiger partial charge in [0.15, 0.2) is 0 Å². The lowest BCUT2D eigenvalue weighted by Gasteiger charge is -2.34. The van der Waals surface area contributed by atoms with E-state index >= 15 is 0 Å². The molecule has 0 spiro atoms. The van der Waals surface area contributed by atoms with Crippen molar-refractivity contribution < 1.29 is 4.43 Å². The Morgan fingerprint density at radius 3 is 2.26 bits per heavy atom. The van der Waals surface area contributed by atoms with Crippen LogP contribution in [0.5, 0.6) is 0 Å². The summed E-state index contributed by atoms with van der Waals surface area (Å²) in [6.07, 6.45) is 0. The van der Waals surface area contributed by atoms with Gasteiger partial charge >= 0.3 is 0 Å². The van der Waals surface area contributed by atoms with E-state index in [0.717, 1.165) is 19.6 Å². The molecule has 1 unspecified atom stereocenters. The van der Waals surface area contributed by atoms with E-state index in [1.54, 1.807) is 0 Å². The largest absolute Gasteiger partial charge is 0.405 e. The van der Waals surface area contributed by atoms with Gasteiger partial charge in [0.25, 0.3) is 0 Å². The molecule has 0 heterocycles. The van der Waals surface area contributed by atoms with Gasteiger partial charge in [-0.05, 0) is 32.1 Å². The number of likely N-dealkylation sites (N-methyl/N-ethyl adjacent to an activating group) is 1. The molecule has 106 valence electrons. The van der Waals surface area contributed by atoms with Crippen molar-refractivity contribution >= 4 is 14.2 Å². The Labute approximate surface area is 119 Å². The molecule has 2 nitrogen and oxygen atoms in total. The maximum atomic E-state index is 6.39. The molecule has 1 rings (SSSR count). The predicted molar refractivity (Wildman–Crippen MR) is 86.4 cm³/mol. The van der Waals surface area contributed by atoms with Crippen LogP contribution in [-0.4, -0.2) is 39.2 Å². The van der Waals surface area contributed by atoms with Gasteiger partial charge in [0.2, 0.25) is 9.04 Å². The van der Waals surface area contributed by atoms with Crippen LogP contribution < -0.4 is 5.19 Å². The monoisotopic (exact) mass is 277 g/mol. The quantitative estimate of drug-likeness (QED) is 0.677. The number of hydrogen-bond acceptors (Lipinski definition) is 2. The van der Waals surface area contributed by atoms with Crippen LogP contribution in [0, 0.1) is 0 Å². The van der Waals surface area contributed by atoms with Crippen molar-refractivity contribution in [3.8, 4) is 0 Å². The zero-order valence-electron chi connectivity index (χ0n) is 12.7. The Bertz CT molecular complexity index is 374. The van der Waals surface area contributed by atoms with Gasteiger partial charge in [-0.3, -0.25) is 0 Å². The first-order valence-electron chi connectivity index (χ1n) is 7.10. The van der Waals surface area contributed by atoms with Gasteiger partial charge in [-0.2, -0.15) is 0 Å². The first-order chi connectivity index (χ1) is 9.02. The van der Waals surface area contributed by atoms with E-state index in [1.807, 2.05) is 11.8 Å². The van der Waals surface area contributed by atoms with Crippen LogP contribution in [0.25, 0.3) is 0 Å². The van der Waals surface area contributed by atoms with Gasteiger partial charge in [0, 0.05) is 6.54 Å². The van der Waals surface area contributed by atoms with Crippen LogP contribution in [0.1, 0.15) is 27.7 Å². The highest BCUT2D eigenvalue weighted by Gasteiger charge is 2.25. The topological polar surface area (TPSA) is 12.5 Å². The van der Waals surface area contributed by atoms with Crippen LogP contribution in [0.3, 0.4) is 0 Å². The highest BCUT2D eigenvalue weighted by Crippen LogP contribution is 2.13. The molecule has 1 aromatic carbocycles. The first kappa shape index (κ1) is 16.2. The number of rotatable bonds is 8. The third kappa shape index (κ3) is 5.31. The molecule has 0 aliphatic rings. The lowest BCUT2D eigenvalue weighted by atomic mass is 10.1. The zero-order chi connectivity index (χ0) is 14.3. The molecular weight excluding hydrogens is 250 g/mol. The van der Waals surface area contributed by atoms with Crippen molar-refractivity contribution in [1.29, 1.82) is 0 Å². The summed E-state index contributed by atoms with van der Waals surface area (Å²) in [5.74, 6) is 0. The lowest BCUT2D eigenvalue weighted by Crippen LogP contribution is -2.47. The number of hydrogen-bond donors (Lipinski definition) is 0. The fourth-order valence-corrected chi connectivity index (χ4v) is 4.13. The van der Waals surface area contributed by atoms with Crippen LogP contribution in [0.2, 0.25) is 0 Å². The summed E-state index contributed by atoms with van der Waals surface area (Å²) in [5, 5.41) is 1.30. The van der Waals surface area contributed by atoms with Crippen molar-refractivity contribution in [2.24, 2.45) is 0 Å². The summed E-state index contributed by atoms with van der Waals surface area (Å²) in [7, 11) is -1.54. The van der Waals surface area contributed by atoms with Crippen molar-refractivity contribution in [1.82, 2.24) is 4.90 Å². The number of benzene rings is 1. The second kappa shape index (κ2) is 7.63. The number of nitrogens with zero attached hydrogens (tertiary/aromatic N) is 1. The molecule has 0 aliphatic heterocycles. The lowest BCUT2D eigenvalue weighted by molar-refractivity contribution is 0.0653. The minimum Gasteiger partial charge on any atom is -0.405 e. The smallest absolute Gasteiger partial charge is 0.232 e. The molecule has 0 amide bonds. The Morgan fingerprint density at radius 1 is 1.21 bits per heavy atom. The summed E-state index contributed by atoms with van der Waals surface area (Å²) in [5.41, 5.74) is 1.88. The molecule has 3 heteroatoms. The average molecular weight is 277 g/mol. The highest BCUT2D eigenvalue weighted by molar-refractivity contribution is 6.72. The third-order valence-corrected chi connectivity index (χ3v) is 5.65. The van der Waals surface area contributed by atoms with E-state index in [9.17, 15) is 0 Å². The van der Waals surface area contributed by atoms with Gasteiger partial charge in [-0.15, -0.1) is 6.58 Å². The standard InChI is InChI=1S/C16H27NOSi/c1-6-17(7-2)14-16(4,5)18-19(8-3)15-12-10-9-11-13-15/h8-13,19H,3,6-7,14H2,1-2,4-5H3. The maximum absolute atomic E-state index is 6.39. The Morgan fingerprint density at radius 2 is 1.79 bits per heavy atom. The molecule has 1 aromatic rings. The van der Waals surface area contributed by atoms with E-state index in [2.05, 4.69) is 63.4 Å². The molecule has 0 saturated heterocycles. The zero-order valence-corrected chi connectivity index (χ0v) is 13.9.